The van der Waals surface area contributed by atoms with Gasteiger partial charge in [-0.3, -0.25) is 9.78 Å². The molecule has 0 spiro atoms. The van der Waals surface area contributed by atoms with Gasteiger partial charge in [-0.1, -0.05) is 24.3 Å². The molecule has 1 saturated heterocycles. The number of nitrogens with zero attached hydrogens (tertiary/aromatic N) is 1. The quantitative estimate of drug-likeness (QED) is 0.787. The molecule has 2 heterocycles. The number of carbonyl (C=O) groups is 1. The number of hydrogen-bond acceptors (Lipinski definition) is 2. The van der Waals surface area contributed by atoms with E-state index in [2.05, 4.69) is 22.4 Å². The average molecular weight is 212 g/mol. The van der Waals surface area contributed by atoms with Gasteiger partial charge >= 0.3 is 0 Å². The van der Waals surface area contributed by atoms with Crippen LogP contribution in [0.15, 0.2) is 36.5 Å². The van der Waals surface area contributed by atoms with Crippen LogP contribution in [0.5, 0.6) is 0 Å². The molecule has 1 N–H and O–H groups in total. The van der Waals surface area contributed by atoms with Gasteiger partial charge in [0.25, 0.3) is 0 Å². The number of nitrogens with one attached hydrogen (secondary N) is 1. The largest absolute Gasteiger partial charge is 0.348 e. The van der Waals surface area contributed by atoms with Crippen molar-refractivity contribution >= 4 is 16.7 Å². The van der Waals surface area contributed by atoms with Crippen LogP contribution in [-0.4, -0.2) is 10.9 Å². The minimum Gasteiger partial charge on any atom is -0.348 e. The van der Waals surface area contributed by atoms with Crippen molar-refractivity contribution in [1.82, 2.24) is 10.3 Å². The Morgan fingerprint density at radius 3 is 2.81 bits per heavy atom. The molecule has 3 nitrogen and oxygen atoms in total. The molecule has 3 heteroatoms. The number of benzene rings is 1. The van der Waals surface area contributed by atoms with E-state index in [9.17, 15) is 4.79 Å². The predicted molar refractivity (Wildman–Crippen MR) is 61.9 cm³/mol. The lowest BCUT2D eigenvalue weighted by molar-refractivity contribution is -0.119. The van der Waals surface area contributed by atoms with E-state index in [1.165, 1.54) is 5.39 Å². The van der Waals surface area contributed by atoms with E-state index < -0.39 is 0 Å². The first kappa shape index (κ1) is 9.33. The summed E-state index contributed by atoms with van der Waals surface area (Å²) in [5.74, 6) is 0.125. The Morgan fingerprint density at radius 2 is 2.06 bits per heavy atom. The molecular formula is C13H12N2O. The zero-order valence-corrected chi connectivity index (χ0v) is 8.81. The number of aromatic nitrogens is 1. The Bertz CT molecular complexity index is 550. The van der Waals surface area contributed by atoms with Crippen LogP contribution < -0.4 is 5.32 Å². The van der Waals surface area contributed by atoms with E-state index in [1.54, 1.807) is 0 Å². The van der Waals surface area contributed by atoms with Gasteiger partial charge in [-0.2, -0.15) is 0 Å². The molecular weight excluding hydrogens is 200 g/mol. The highest BCUT2D eigenvalue weighted by Gasteiger charge is 2.23. The average Bonchev–Trinajstić information content (AvgIpc) is 2.75. The lowest BCUT2D eigenvalue weighted by Crippen LogP contribution is -2.19. The maximum atomic E-state index is 11.2. The lowest BCUT2D eigenvalue weighted by atomic mass is 10.1. The van der Waals surface area contributed by atoms with E-state index in [0.717, 1.165) is 17.5 Å². The summed E-state index contributed by atoms with van der Waals surface area (Å²) in [6, 6.07) is 10.3. The van der Waals surface area contributed by atoms with Crippen LogP contribution in [0.3, 0.4) is 0 Å². The molecule has 1 unspecified atom stereocenters. The predicted octanol–water partition coefficient (Wildman–Crippen LogP) is 2.19. The molecule has 1 fully saturated rings. The van der Waals surface area contributed by atoms with Crippen LogP contribution in [0.25, 0.3) is 10.8 Å². The fourth-order valence-corrected chi connectivity index (χ4v) is 2.13. The van der Waals surface area contributed by atoms with E-state index in [1.807, 2.05) is 24.4 Å². The van der Waals surface area contributed by atoms with Crippen molar-refractivity contribution in [2.75, 3.05) is 0 Å². The highest BCUT2D eigenvalue weighted by Crippen LogP contribution is 2.24. The Morgan fingerprint density at radius 1 is 1.25 bits per heavy atom. The van der Waals surface area contributed by atoms with Crippen LogP contribution in [-0.2, 0) is 4.79 Å². The zero-order valence-electron chi connectivity index (χ0n) is 8.81. The maximum absolute atomic E-state index is 11.2. The number of pyridine rings is 1. The first-order valence-electron chi connectivity index (χ1n) is 5.47. The van der Waals surface area contributed by atoms with Gasteiger partial charge in [-0.05, 0) is 17.9 Å². The van der Waals surface area contributed by atoms with Crippen molar-refractivity contribution in [3.8, 4) is 0 Å². The Labute approximate surface area is 93.5 Å². The van der Waals surface area contributed by atoms with E-state index in [0.29, 0.717) is 6.42 Å². The fraction of sp³-hybridized carbons (Fsp3) is 0.231. The highest BCUT2D eigenvalue weighted by atomic mass is 16.1. The summed E-state index contributed by atoms with van der Waals surface area (Å²) in [5, 5.41) is 5.24. The van der Waals surface area contributed by atoms with Crippen molar-refractivity contribution < 1.29 is 4.79 Å². The topological polar surface area (TPSA) is 42.0 Å². The lowest BCUT2D eigenvalue weighted by Gasteiger charge is -2.09. The molecule has 2 aromatic rings. The van der Waals surface area contributed by atoms with Crippen LogP contribution in [0.2, 0.25) is 0 Å². The number of amides is 1. The minimum absolute atomic E-state index is 0.0945. The molecule has 1 atom stereocenters. The van der Waals surface area contributed by atoms with Crippen molar-refractivity contribution in [3.05, 3.63) is 42.2 Å². The molecule has 3 rings (SSSR count). The molecule has 0 aliphatic carbocycles. The van der Waals surface area contributed by atoms with Gasteiger partial charge in [-0.15, -0.1) is 0 Å². The van der Waals surface area contributed by atoms with Crippen molar-refractivity contribution in [3.63, 3.8) is 0 Å². The highest BCUT2D eigenvalue weighted by molar-refractivity contribution is 5.82. The maximum Gasteiger partial charge on any atom is 0.220 e. The van der Waals surface area contributed by atoms with Gasteiger partial charge in [0.05, 0.1) is 11.7 Å². The summed E-state index contributed by atoms with van der Waals surface area (Å²) < 4.78 is 0. The second kappa shape index (κ2) is 3.59. The van der Waals surface area contributed by atoms with Crippen LogP contribution >= 0.6 is 0 Å². The second-order valence-electron chi connectivity index (χ2n) is 4.12. The van der Waals surface area contributed by atoms with Gasteiger partial charge < -0.3 is 5.32 Å². The molecule has 1 aliphatic rings. The van der Waals surface area contributed by atoms with Crippen LogP contribution in [0.1, 0.15) is 24.6 Å². The summed E-state index contributed by atoms with van der Waals surface area (Å²) in [5.41, 5.74) is 0.963. The Hall–Kier alpha value is -1.90. The fourth-order valence-electron chi connectivity index (χ4n) is 2.13. The molecule has 0 saturated carbocycles. The third-order valence-corrected chi connectivity index (χ3v) is 3.00. The zero-order chi connectivity index (χ0) is 11.0. The first-order chi connectivity index (χ1) is 7.83. The third-order valence-electron chi connectivity index (χ3n) is 3.00. The third kappa shape index (κ3) is 1.54. The number of fused-ring (bicyclic) bond motifs is 1. The van der Waals surface area contributed by atoms with Gasteiger partial charge in [0.1, 0.15) is 0 Å². The van der Waals surface area contributed by atoms with E-state index in [4.69, 9.17) is 0 Å². The van der Waals surface area contributed by atoms with Gasteiger partial charge in [0, 0.05) is 18.0 Å². The summed E-state index contributed by atoms with van der Waals surface area (Å²) >= 11 is 0. The Balaban J connectivity index is 2.02. The minimum atomic E-state index is 0.0945. The molecule has 1 aliphatic heterocycles. The summed E-state index contributed by atoms with van der Waals surface area (Å²) in [6.45, 7) is 0. The SMILES string of the molecule is O=C1CCC(c2cc3ccccc3cn2)N1. The normalized spacial score (nSPS) is 20.0. The van der Waals surface area contributed by atoms with Crippen molar-refractivity contribution in [2.24, 2.45) is 0 Å². The molecule has 16 heavy (non-hydrogen) atoms. The molecule has 1 aromatic heterocycles. The summed E-state index contributed by atoms with van der Waals surface area (Å²) in [6.07, 6.45) is 3.33. The molecule has 0 radical (unpaired) electrons. The van der Waals surface area contributed by atoms with Gasteiger partial charge in [-0.25, -0.2) is 0 Å². The molecule has 1 amide bonds. The van der Waals surface area contributed by atoms with Crippen LogP contribution in [0, 0.1) is 0 Å². The van der Waals surface area contributed by atoms with Crippen molar-refractivity contribution in [2.45, 2.75) is 18.9 Å². The monoisotopic (exact) mass is 212 g/mol. The molecule has 0 bridgehead atoms. The number of carbonyl (C=O) groups excluding carboxylic acids is 1. The van der Waals surface area contributed by atoms with Crippen molar-refractivity contribution in [1.29, 1.82) is 0 Å². The number of rotatable bonds is 1. The molecule has 80 valence electrons. The van der Waals surface area contributed by atoms with Gasteiger partial charge in [0.15, 0.2) is 0 Å². The van der Waals surface area contributed by atoms with Gasteiger partial charge in [0.2, 0.25) is 5.91 Å². The second-order valence-corrected chi connectivity index (χ2v) is 4.12. The van der Waals surface area contributed by atoms with E-state index in [-0.39, 0.29) is 11.9 Å². The molecule has 1 aromatic carbocycles. The van der Waals surface area contributed by atoms with Crippen LogP contribution in [0.4, 0.5) is 0 Å². The summed E-state index contributed by atoms with van der Waals surface area (Å²) in [7, 11) is 0. The summed E-state index contributed by atoms with van der Waals surface area (Å²) in [4.78, 5) is 15.6. The smallest absolute Gasteiger partial charge is 0.220 e. The number of hydrogen-bond donors (Lipinski definition) is 1. The first-order valence-corrected chi connectivity index (χ1v) is 5.47. The Kier molecular flexibility index (Phi) is 2.10. The van der Waals surface area contributed by atoms with E-state index >= 15 is 0 Å². The standard InChI is InChI=1S/C13H12N2O/c16-13-6-5-11(15-13)12-7-9-3-1-2-4-10(9)8-14-12/h1-4,7-8,11H,5-6H2,(H,15,16).